The van der Waals surface area contributed by atoms with Gasteiger partial charge in [0.1, 0.15) is 12.3 Å². The quantitative estimate of drug-likeness (QED) is 0.563. The van der Waals surface area contributed by atoms with Crippen molar-refractivity contribution >= 4 is 40.6 Å². The van der Waals surface area contributed by atoms with Gasteiger partial charge < -0.3 is 15.0 Å². The molecule has 0 unspecified atom stereocenters. The lowest BCUT2D eigenvalue weighted by molar-refractivity contribution is -0.127. The molecule has 3 aromatic rings. The first-order valence-electron chi connectivity index (χ1n) is 9.92. The average Bonchev–Trinajstić information content (AvgIpc) is 3.19. The van der Waals surface area contributed by atoms with Crippen molar-refractivity contribution in [1.82, 2.24) is 9.47 Å². The Morgan fingerprint density at radius 3 is 2.44 bits per heavy atom. The smallest absolute Gasteiger partial charge is 0.294 e. The van der Waals surface area contributed by atoms with E-state index in [1.807, 2.05) is 30.5 Å². The third-order valence-corrected chi connectivity index (χ3v) is 6.01. The molecule has 0 aliphatic carbocycles. The van der Waals surface area contributed by atoms with Gasteiger partial charge in [-0.15, -0.1) is 0 Å². The van der Waals surface area contributed by atoms with Crippen molar-refractivity contribution in [1.29, 1.82) is 0 Å². The van der Waals surface area contributed by atoms with Crippen LogP contribution in [-0.4, -0.2) is 38.2 Å². The van der Waals surface area contributed by atoms with Crippen LogP contribution < -0.4 is 5.32 Å². The van der Waals surface area contributed by atoms with Gasteiger partial charge in [0.05, 0.1) is 4.91 Å². The number of benzene rings is 2. The first-order chi connectivity index (χ1) is 15.3. The molecule has 162 valence electrons. The molecule has 0 bridgehead atoms. The Morgan fingerprint density at radius 1 is 1.06 bits per heavy atom. The first-order valence-corrected chi connectivity index (χ1v) is 10.7. The van der Waals surface area contributed by atoms with Crippen LogP contribution in [0.1, 0.15) is 17.0 Å². The van der Waals surface area contributed by atoms with Crippen LogP contribution >= 0.6 is 11.8 Å². The Hall–Kier alpha value is -3.78. The van der Waals surface area contributed by atoms with E-state index in [-0.39, 0.29) is 17.2 Å². The number of imide groups is 1. The highest BCUT2D eigenvalue weighted by atomic mass is 32.2. The molecule has 0 saturated carbocycles. The largest absolute Gasteiger partial charge is 0.508 e. The highest BCUT2D eigenvalue weighted by molar-refractivity contribution is 8.18. The summed E-state index contributed by atoms with van der Waals surface area (Å²) in [5.41, 5.74) is 4.11. The molecule has 2 N–H and O–H groups in total. The molecule has 1 saturated heterocycles. The number of anilines is 1. The van der Waals surface area contributed by atoms with Gasteiger partial charge in [0.2, 0.25) is 5.91 Å². The number of rotatable bonds is 5. The van der Waals surface area contributed by atoms with E-state index in [0.717, 1.165) is 39.3 Å². The van der Waals surface area contributed by atoms with E-state index in [1.165, 1.54) is 0 Å². The van der Waals surface area contributed by atoms with Gasteiger partial charge in [-0.25, -0.2) is 0 Å². The summed E-state index contributed by atoms with van der Waals surface area (Å²) < 4.78 is 2.00. The van der Waals surface area contributed by atoms with E-state index in [1.54, 1.807) is 54.6 Å². The van der Waals surface area contributed by atoms with Crippen LogP contribution in [0.4, 0.5) is 10.5 Å². The lowest BCUT2D eigenvalue weighted by Crippen LogP contribution is -2.36. The molecule has 3 amide bonds. The Bertz CT molecular complexity index is 1230. The summed E-state index contributed by atoms with van der Waals surface area (Å²) in [5.74, 6) is -0.746. The minimum atomic E-state index is -0.488. The van der Waals surface area contributed by atoms with Gasteiger partial charge in [0.15, 0.2) is 0 Å². The van der Waals surface area contributed by atoms with E-state index in [2.05, 4.69) is 5.32 Å². The molecule has 8 heteroatoms. The fourth-order valence-electron chi connectivity index (χ4n) is 3.58. The molecule has 4 rings (SSSR count). The van der Waals surface area contributed by atoms with Gasteiger partial charge in [0.25, 0.3) is 11.1 Å². The molecule has 2 aromatic carbocycles. The summed E-state index contributed by atoms with van der Waals surface area (Å²) in [6.07, 6.45) is 1.68. The van der Waals surface area contributed by atoms with Crippen molar-refractivity contribution < 1.29 is 19.5 Å². The van der Waals surface area contributed by atoms with Gasteiger partial charge in [-0.3, -0.25) is 19.3 Å². The zero-order valence-corrected chi connectivity index (χ0v) is 18.3. The van der Waals surface area contributed by atoms with E-state index in [9.17, 15) is 19.5 Å². The molecular formula is C24H21N3O4S. The first kappa shape index (κ1) is 21.5. The Balaban J connectivity index is 1.53. The van der Waals surface area contributed by atoms with Crippen molar-refractivity contribution in [2.45, 2.75) is 13.8 Å². The number of carbonyl (C=O) groups excluding carboxylic acids is 3. The number of aryl methyl sites for hydroxylation is 1. The van der Waals surface area contributed by atoms with Crippen molar-refractivity contribution in [2.24, 2.45) is 0 Å². The number of phenolic OH excluding ortho intramolecular Hbond substituents is 1. The van der Waals surface area contributed by atoms with Gasteiger partial charge in [-0.1, -0.05) is 18.2 Å². The van der Waals surface area contributed by atoms with Gasteiger partial charge in [-0.05, 0) is 79.7 Å². The van der Waals surface area contributed by atoms with E-state index < -0.39 is 17.1 Å². The zero-order valence-electron chi connectivity index (χ0n) is 17.5. The number of carbonyl (C=O) groups is 3. The fourth-order valence-corrected chi connectivity index (χ4v) is 4.41. The molecular weight excluding hydrogens is 426 g/mol. The summed E-state index contributed by atoms with van der Waals surface area (Å²) >= 11 is 0.823. The van der Waals surface area contributed by atoms with Crippen LogP contribution in [0.3, 0.4) is 0 Å². The average molecular weight is 448 g/mol. The minimum absolute atomic E-state index is 0.182. The topological polar surface area (TPSA) is 91.6 Å². The minimum Gasteiger partial charge on any atom is -0.508 e. The van der Waals surface area contributed by atoms with Crippen molar-refractivity contribution in [2.75, 3.05) is 11.9 Å². The normalized spacial score (nSPS) is 14.9. The number of aromatic nitrogens is 1. The molecule has 1 fully saturated rings. The maximum absolute atomic E-state index is 12.8. The highest BCUT2D eigenvalue weighted by Gasteiger charge is 2.36. The number of thioether (sulfide) groups is 1. The zero-order chi connectivity index (χ0) is 22.8. The van der Waals surface area contributed by atoms with Crippen molar-refractivity contribution in [3.8, 4) is 11.4 Å². The van der Waals surface area contributed by atoms with Gasteiger partial charge in [-0.2, -0.15) is 0 Å². The molecule has 1 aliphatic heterocycles. The Kier molecular flexibility index (Phi) is 5.87. The summed E-state index contributed by atoms with van der Waals surface area (Å²) in [7, 11) is 0. The predicted octanol–water partition coefficient (Wildman–Crippen LogP) is 4.47. The summed E-state index contributed by atoms with van der Waals surface area (Å²) in [6.45, 7) is 3.52. The summed E-state index contributed by atoms with van der Waals surface area (Å²) in [5, 5.41) is 11.7. The standard InChI is InChI=1S/C24H21N3O4S/c1-15-12-17(16(2)27(15)19-8-10-20(28)11-9-19)13-21-23(30)26(24(31)32-21)14-22(29)25-18-6-4-3-5-7-18/h3-13,28H,14H2,1-2H3,(H,25,29)/b21-13-. The lowest BCUT2D eigenvalue weighted by atomic mass is 10.2. The maximum atomic E-state index is 12.8. The number of hydrogen-bond acceptors (Lipinski definition) is 5. The number of aromatic hydroxyl groups is 1. The molecule has 7 nitrogen and oxygen atoms in total. The number of nitrogens with one attached hydrogen (secondary N) is 1. The molecule has 1 aliphatic rings. The third-order valence-electron chi connectivity index (χ3n) is 5.10. The van der Waals surface area contributed by atoms with Crippen LogP contribution in [0.25, 0.3) is 11.8 Å². The van der Waals surface area contributed by atoms with Crippen LogP contribution in [0, 0.1) is 13.8 Å². The van der Waals surface area contributed by atoms with E-state index >= 15 is 0 Å². The van der Waals surface area contributed by atoms with Crippen molar-refractivity contribution in [3.05, 3.63) is 82.5 Å². The summed E-state index contributed by atoms with van der Waals surface area (Å²) in [4.78, 5) is 38.7. The Labute approximate surface area is 189 Å². The van der Waals surface area contributed by atoms with Crippen LogP contribution in [0.15, 0.2) is 65.6 Å². The van der Waals surface area contributed by atoms with Crippen molar-refractivity contribution in [3.63, 3.8) is 0 Å². The molecule has 0 spiro atoms. The summed E-state index contributed by atoms with van der Waals surface area (Å²) in [6, 6.07) is 17.6. The van der Waals surface area contributed by atoms with E-state index in [0.29, 0.717) is 5.69 Å². The molecule has 0 atom stereocenters. The van der Waals surface area contributed by atoms with Gasteiger partial charge >= 0.3 is 0 Å². The maximum Gasteiger partial charge on any atom is 0.294 e. The van der Waals surface area contributed by atoms with E-state index in [4.69, 9.17) is 0 Å². The third kappa shape index (κ3) is 4.31. The predicted molar refractivity (Wildman–Crippen MR) is 125 cm³/mol. The fraction of sp³-hybridized carbons (Fsp3) is 0.125. The highest BCUT2D eigenvalue weighted by Crippen LogP contribution is 2.33. The lowest BCUT2D eigenvalue weighted by Gasteiger charge is -2.12. The second-order valence-electron chi connectivity index (χ2n) is 7.36. The number of phenols is 1. The van der Waals surface area contributed by atoms with Crippen LogP contribution in [0.2, 0.25) is 0 Å². The molecule has 1 aromatic heterocycles. The van der Waals surface area contributed by atoms with Crippen LogP contribution in [0.5, 0.6) is 5.75 Å². The van der Waals surface area contributed by atoms with Gasteiger partial charge in [0, 0.05) is 22.8 Å². The second-order valence-corrected chi connectivity index (χ2v) is 8.35. The molecule has 32 heavy (non-hydrogen) atoms. The SMILES string of the molecule is Cc1cc(/C=C2\SC(=O)N(CC(=O)Nc3ccccc3)C2=O)c(C)n1-c1ccc(O)cc1. The van der Waals surface area contributed by atoms with Crippen LogP contribution in [-0.2, 0) is 9.59 Å². The number of amides is 3. The number of para-hydroxylation sites is 1. The number of hydrogen-bond donors (Lipinski definition) is 2. The molecule has 0 radical (unpaired) electrons. The Morgan fingerprint density at radius 2 is 1.75 bits per heavy atom. The number of nitrogens with zero attached hydrogens (tertiary/aromatic N) is 2. The molecule has 2 heterocycles. The second kappa shape index (κ2) is 8.76. The monoisotopic (exact) mass is 447 g/mol.